The van der Waals surface area contributed by atoms with E-state index in [1.54, 1.807) is 0 Å². The van der Waals surface area contributed by atoms with Crippen LogP contribution in [0.25, 0.3) is 11.1 Å². The second kappa shape index (κ2) is 2.73. The molecule has 4 heteroatoms. The Balaban J connectivity index is 3.04. The number of aryl methyl sites for hydroxylation is 2. The molecule has 2 rings (SSSR count). The number of rotatable bonds is 0. The van der Waals surface area contributed by atoms with Crippen LogP contribution in [0, 0.1) is 13.8 Å². The lowest BCUT2D eigenvalue weighted by Crippen LogP contribution is -1.93. The predicted octanol–water partition coefficient (Wildman–Crippen LogP) is 2.50. The normalized spacial score (nSPS) is 11.0. The van der Waals surface area contributed by atoms with E-state index in [1.807, 2.05) is 19.9 Å². The molecule has 1 aromatic carbocycles. The van der Waals surface area contributed by atoms with Gasteiger partial charge < -0.3 is 4.42 Å². The highest BCUT2D eigenvalue weighted by atomic mass is 79.9. The molecule has 0 spiro atoms. The Kier molecular flexibility index (Phi) is 1.80. The van der Waals surface area contributed by atoms with Crippen LogP contribution in [-0.4, -0.2) is 4.98 Å². The molecule has 0 aliphatic carbocycles. The van der Waals surface area contributed by atoms with Gasteiger partial charge in [0.05, 0.1) is 9.99 Å². The van der Waals surface area contributed by atoms with E-state index in [0.29, 0.717) is 5.58 Å². The molecule has 0 aliphatic rings. The lowest BCUT2D eigenvalue weighted by Gasteiger charge is -2.00. The van der Waals surface area contributed by atoms with Crippen LogP contribution in [0.15, 0.2) is 19.8 Å². The topological polar surface area (TPSA) is 46.0 Å². The lowest BCUT2D eigenvalue weighted by molar-refractivity contribution is 0.553. The number of fused-ring (bicyclic) bond motifs is 1. The number of aromatic nitrogens is 1. The maximum absolute atomic E-state index is 11.0. The van der Waals surface area contributed by atoms with E-state index in [2.05, 4.69) is 20.9 Å². The summed E-state index contributed by atoms with van der Waals surface area (Å²) < 4.78 is 5.84. The van der Waals surface area contributed by atoms with Crippen molar-refractivity contribution < 1.29 is 4.42 Å². The first-order valence-electron chi connectivity index (χ1n) is 3.88. The van der Waals surface area contributed by atoms with Crippen molar-refractivity contribution in [2.24, 2.45) is 0 Å². The van der Waals surface area contributed by atoms with Gasteiger partial charge in [-0.05, 0) is 40.9 Å². The average molecular weight is 242 g/mol. The first kappa shape index (κ1) is 8.56. The number of oxazole rings is 1. The summed E-state index contributed by atoms with van der Waals surface area (Å²) in [4.78, 5) is 13.6. The Bertz CT molecular complexity index is 524. The molecule has 0 aliphatic heterocycles. The molecule has 0 atom stereocenters. The van der Waals surface area contributed by atoms with Gasteiger partial charge in [0.25, 0.3) is 0 Å². The fourth-order valence-corrected chi connectivity index (χ4v) is 1.79. The van der Waals surface area contributed by atoms with Gasteiger partial charge in [0, 0.05) is 0 Å². The maximum atomic E-state index is 11.0. The van der Waals surface area contributed by atoms with Crippen molar-refractivity contribution in [3.63, 3.8) is 0 Å². The third-order valence-corrected chi connectivity index (χ3v) is 3.01. The molecule has 3 nitrogen and oxygen atoms in total. The first-order chi connectivity index (χ1) is 6.09. The summed E-state index contributed by atoms with van der Waals surface area (Å²) in [7, 11) is 0. The molecule has 0 amide bonds. The summed E-state index contributed by atoms with van der Waals surface area (Å²) in [5.41, 5.74) is 3.44. The molecule has 1 N–H and O–H groups in total. The van der Waals surface area contributed by atoms with Crippen molar-refractivity contribution in [3.8, 4) is 0 Å². The van der Waals surface area contributed by atoms with Gasteiger partial charge in [-0.3, -0.25) is 4.98 Å². The minimum atomic E-state index is -0.413. The molecule has 0 saturated heterocycles. The minimum Gasteiger partial charge on any atom is -0.407 e. The molecule has 13 heavy (non-hydrogen) atoms. The highest BCUT2D eigenvalue weighted by Gasteiger charge is 2.09. The summed E-state index contributed by atoms with van der Waals surface area (Å²) in [5.74, 6) is -0.413. The van der Waals surface area contributed by atoms with Crippen molar-refractivity contribution in [3.05, 3.63) is 32.2 Å². The predicted molar refractivity (Wildman–Crippen MR) is 54.0 cm³/mol. The number of hydrogen-bond donors (Lipinski definition) is 1. The number of nitrogens with one attached hydrogen (secondary N) is 1. The van der Waals surface area contributed by atoms with Crippen molar-refractivity contribution in [2.45, 2.75) is 13.8 Å². The van der Waals surface area contributed by atoms with E-state index in [1.165, 1.54) is 0 Å². The van der Waals surface area contributed by atoms with Crippen LogP contribution < -0.4 is 5.76 Å². The van der Waals surface area contributed by atoms with Crippen molar-refractivity contribution in [2.75, 3.05) is 0 Å². The minimum absolute atomic E-state index is 0.413. The summed E-state index contributed by atoms with van der Waals surface area (Å²) in [6.07, 6.45) is 0. The van der Waals surface area contributed by atoms with E-state index in [9.17, 15) is 4.79 Å². The van der Waals surface area contributed by atoms with Crippen molar-refractivity contribution in [1.82, 2.24) is 4.98 Å². The van der Waals surface area contributed by atoms with Gasteiger partial charge in [-0.1, -0.05) is 6.07 Å². The third-order valence-electron chi connectivity index (χ3n) is 2.02. The van der Waals surface area contributed by atoms with E-state index in [-0.39, 0.29) is 0 Å². The SMILES string of the molecule is Cc1cc(C)c2[nH]c(=O)oc2c1Br. The average Bonchev–Trinajstić information content (AvgIpc) is 2.44. The fourth-order valence-electron chi connectivity index (χ4n) is 1.40. The van der Waals surface area contributed by atoms with E-state index in [4.69, 9.17) is 4.42 Å². The largest absolute Gasteiger partial charge is 0.417 e. The highest BCUT2D eigenvalue weighted by Crippen LogP contribution is 2.27. The number of benzene rings is 1. The molecular formula is C9H8BrNO2. The van der Waals surface area contributed by atoms with Crippen LogP contribution in [0.1, 0.15) is 11.1 Å². The summed E-state index contributed by atoms with van der Waals surface area (Å²) in [6.45, 7) is 3.90. The molecule has 0 radical (unpaired) electrons. The molecule has 0 unspecified atom stereocenters. The molecule has 0 saturated carbocycles. The second-order valence-corrected chi connectivity index (χ2v) is 3.84. The quantitative estimate of drug-likeness (QED) is 0.771. The monoisotopic (exact) mass is 241 g/mol. The standard InChI is InChI=1S/C9H8BrNO2/c1-4-3-5(2)7-8(6(4)10)13-9(12)11-7/h3H,1-2H3,(H,11,12). The number of halogens is 1. The summed E-state index contributed by atoms with van der Waals surface area (Å²) in [6, 6.07) is 2.00. The molecule has 68 valence electrons. The number of H-pyrrole nitrogens is 1. The van der Waals surface area contributed by atoms with Gasteiger partial charge in [-0.2, -0.15) is 0 Å². The maximum Gasteiger partial charge on any atom is 0.417 e. The zero-order valence-electron chi connectivity index (χ0n) is 7.27. The van der Waals surface area contributed by atoms with E-state index in [0.717, 1.165) is 21.1 Å². The Morgan fingerprint density at radius 2 is 2.08 bits per heavy atom. The van der Waals surface area contributed by atoms with Crippen molar-refractivity contribution >= 4 is 27.0 Å². The summed E-state index contributed by atoms with van der Waals surface area (Å²) in [5, 5.41) is 0. The Morgan fingerprint density at radius 1 is 1.38 bits per heavy atom. The Hall–Kier alpha value is -1.03. The lowest BCUT2D eigenvalue weighted by atomic mass is 10.1. The van der Waals surface area contributed by atoms with Crippen LogP contribution in [0.4, 0.5) is 0 Å². The molecule has 0 bridgehead atoms. The molecule has 1 heterocycles. The second-order valence-electron chi connectivity index (χ2n) is 3.04. The zero-order valence-corrected chi connectivity index (χ0v) is 8.86. The Morgan fingerprint density at radius 3 is 2.77 bits per heavy atom. The highest BCUT2D eigenvalue weighted by molar-refractivity contribution is 9.10. The van der Waals surface area contributed by atoms with E-state index >= 15 is 0 Å². The fraction of sp³-hybridized carbons (Fsp3) is 0.222. The third kappa shape index (κ3) is 1.21. The van der Waals surface area contributed by atoms with Gasteiger partial charge in [0.1, 0.15) is 0 Å². The van der Waals surface area contributed by atoms with Gasteiger partial charge in [-0.25, -0.2) is 4.79 Å². The smallest absolute Gasteiger partial charge is 0.407 e. The molecule has 2 aromatic rings. The van der Waals surface area contributed by atoms with Crippen LogP contribution in [0.2, 0.25) is 0 Å². The van der Waals surface area contributed by atoms with Crippen molar-refractivity contribution in [1.29, 1.82) is 0 Å². The van der Waals surface area contributed by atoms with Gasteiger partial charge >= 0.3 is 5.76 Å². The van der Waals surface area contributed by atoms with Gasteiger partial charge in [-0.15, -0.1) is 0 Å². The van der Waals surface area contributed by atoms with Crippen LogP contribution in [0.3, 0.4) is 0 Å². The van der Waals surface area contributed by atoms with Gasteiger partial charge in [0.2, 0.25) is 0 Å². The number of hydrogen-bond acceptors (Lipinski definition) is 2. The summed E-state index contributed by atoms with van der Waals surface area (Å²) >= 11 is 3.38. The van der Waals surface area contributed by atoms with Crippen LogP contribution in [0.5, 0.6) is 0 Å². The van der Waals surface area contributed by atoms with Gasteiger partial charge in [0.15, 0.2) is 5.58 Å². The van der Waals surface area contributed by atoms with E-state index < -0.39 is 5.76 Å². The molecule has 1 aromatic heterocycles. The van der Waals surface area contributed by atoms with Crippen LogP contribution in [-0.2, 0) is 0 Å². The number of aromatic amines is 1. The zero-order chi connectivity index (χ0) is 9.59. The van der Waals surface area contributed by atoms with Crippen LogP contribution >= 0.6 is 15.9 Å². The first-order valence-corrected chi connectivity index (χ1v) is 4.67. The molecule has 0 fully saturated rings. The molecular weight excluding hydrogens is 234 g/mol. The Labute approximate surface area is 82.9 Å².